The van der Waals surface area contributed by atoms with E-state index in [1.807, 2.05) is 18.2 Å². The number of morpholine rings is 1. The van der Waals surface area contributed by atoms with Crippen LogP contribution in [0.25, 0.3) is 16.6 Å². The Kier molecular flexibility index (Phi) is 8.86. The number of aromatic nitrogens is 2. The fourth-order valence-corrected chi connectivity index (χ4v) is 5.18. The molecule has 3 aromatic rings. The Bertz CT molecular complexity index is 1210. The molecule has 2 aromatic carbocycles. The van der Waals surface area contributed by atoms with Crippen LogP contribution in [0.1, 0.15) is 12.8 Å². The van der Waals surface area contributed by atoms with Crippen LogP contribution in [0, 0.1) is 0 Å². The van der Waals surface area contributed by atoms with E-state index in [-0.39, 0.29) is 11.5 Å². The molecule has 0 radical (unpaired) electrons. The minimum Gasteiger partial charge on any atom is -0.379 e. The van der Waals surface area contributed by atoms with E-state index in [1.54, 1.807) is 24.3 Å². The summed E-state index contributed by atoms with van der Waals surface area (Å²) in [7, 11) is 0. The van der Waals surface area contributed by atoms with Crippen LogP contribution in [0.15, 0.2) is 52.4 Å². The number of amides is 1. The van der Waals surface area contributed by atoms with Gasteiger partial charge < -0.3 is 10.1 Å². The van der Waals surface area contributed by atoms with Crippen molar-refractivity contribution in [2.45, 2.75) is 18.0 Å². The number of para-hydroxylation sites is 1. The Balaban J connectivity index is 1.40. The number of halogens is 2. The first-order chi connectivity index (χ1) is 16.5. The summed E-state index contributed by atoms with van der Waals surface area (Å²) < 4.78 is 6.86. The zero-order valence-electron chi connectivity index (χ0n) is 18.6. The van der Waals surface area contributed by atoms with Crippen molar-refractivity contribution in [3.63, 3.8) is 0 Å². The molecule has 7 nitrogen and oxygen atoms in total. The van der Waals surface area contributed by atoms with Crippen molar-refractivity contribution < 1.29 is 9.53 Å². The summed E-state index contributed by atoms with van der Waals surface area (Å²) in [6.45, 7) is 4.78. The standard InChI is InChI=1S/C24H26Cl2N4O3S/c25-17-7-8-21(19(26)16-17)30-23(32)18-4-1-2-5-20(18)28-24(30)34-15-3-6-22(31)27-9-10-29-11-13-33-14-12-29/h1-2,4-5,7-8,16H,3,6,9-15H2,(H,27,31). The van der Waals surface area contributed by atoms with Gasteiger partial charge in [0.15, 0.2) is 5.16 Å². The molecule has 1 aromatic heterocycles. The second kappa shape index (κ2) is 12.0. The lowest BCUT2D eigenvalue weighted by Crippen LogP contribution is -2.41. The largest absolute Gasteiger partial charge is 0.379 e. The Morgan fingerprint density at radius 1 is 1.15 bits per heavy atom. The molecule has 4 rings (SSSR count). The third-order valence-electron chi connectivity index (χ3n) is 5.53. The zero-order valence-corrected chi connectivity index (χ0v) is 21.0. The maximum Gasteiger partial charge on any atom is 0.266 e. The van der Waals surface area contributed by atoms with Crippen molar-refractivity contribution in [2.24, 2.45) is 0 Å². The minimum absolute atomic E-state index is 0.0264. The van der Waals surface area contributed by atoms with E-state index in [9.17, 15) is 9.59 Å². The minimum atomic E-state index is -0.196. The summed E-state index contributed by atoms with van der Waals surface area (Å²) in [5.41, 5.74) is 0.952. The van der Waals surface area contributed by atoms with Crippen LogP contribution in [0.4, 0.5) is 0 Å². The fraction of sp³-hybridized carbons (Fsp3) is 0.375. The number of carbonyl (C=O) groups is 1. The third-order valence-corrected chi connectivity index (χ3v) is 7.09. The van der Waals surface area contributed by atoms with E-state index in [4.69, 9.17) is 32.9 Å². The Morgan fingerprint density at radius 3 is 2.74 bits per heavy atom. The van der Waals surface area contributed by atoms with Crippen molar-refractivity contribution >= 4 is 51.8 Å². The summed E-state index contributed by atoms with van der Waals surface area (Å²) >= 11 is 13.9. The number of nitrogens with zero attached hydrogens (tertiary/aromatic N) is 3. The van der Waals surface area contributed by atoms with E-state index < -0.39 is 0 Å². The lowest BCUT2D eigenvalue weighted by molar-refractivity contribution is -0.121. The third kappa shape index (κ3) is 6.31. The Hall–Kier alpha value is -2.10. The van der Waals surface area contributed by atoms with E-state index in [1.165, 1.54) is 16.3 Å². The molecule has 1 fully saturated rings. The lowest BCUT2D eigenvalue weighted by Gasteiger charge is -2.26. The molecule has 180 valence electrons. The predicted octanol–water partition coefficient (Wildman–Crippen LogP) is 4.01. The molecule has 1 N–H and O–H groups in total. The first kappa shape index (κ1) is 25.0. The molecular formula is C24H26Cl2N4O3S. The first-order valence-corrected chi connectivity index (χ1v) is 12.9. The van der Waals surface area contributed by atoms with Gasteiger partial charge >= 0.3 is 0 Å². The van der Waals surface area contributed by atoms with Gasteiger partial charge in [-0.15, -0.1) is 0 Å². The van der Waals surface area contributed by atoms with Crippen LogP contribution in [0.5, 0.6) is 0 Å². The normalized spacial score (nSPS) is 14.4. The van der Waals surface area contributed by atoms with Gasteiger partial charge in [-0.1, -0.05) is 47.1 Å². The summed E-state index contributed by atoms with van der Waals surface area (Å²) in [6, 6.07) is 12.2. The molecule has 1 aliphatic rings. The molecule has 34 heavy (non-hydrogen) atoms. The van der Waals surface area contributed by atoms with Crippen molar-refractivity contribution in [2.75, 3.05) is 45.1 Å². The molecule has 1 amide bonds. The average Bonchev–Trinajstić information content (AvgIpc) is 2.83. The number of hydrogen-bond acceptors (Lipinski definition) is 6. The van der Waals surface area contributed by atoms with Crippen LogP contribution in [0.3, 0.4) is 0 Å². The van der Waals surface area contributed by atoms with Crippen LogP contribution < -0.4 is 10.9 Å². The van der Waals surface area contributed by atoms with E-state index >= 15 is 0 Å². The Labute approximate surface area is 212 Å². The highest BCUT2D eigenvalue weighted by Gasteiger charge is 2.16. The van der Waals surface area contributed by atoms with Crippen LogP contribution >= 0.6 is 35.0 Å². The Morgan fingerprint density at radius 2 is 1.94 bits per heavy atom. The summed E-state index contributed by atoms with van der Waals surface area (Å²) in [5, 5.41) is 4.88. The summed E-state index contributed by atoms with van der Waals surface area (Å²) in [6.07, 6.45) is 1.07. The topological polar surface area (TPSA) is 76.5 Å². The van der Waals surface area contributed by atoms with Crippen molar-refractivity contribution in [3.8, 4) is 5.69 Å². The number of thioether (sulfide) groups is 1. The molecule has 2 heterocycles. The number of fused-ring (bicyclic) bond motifs is 1. The van der Waals surface area contributed by atoms with Crippen LogP contribution in [0.2, 0.25) is 10.0 Å². The van der Waals surface area contributed by atoms with Crippen molar-refractivity contribution in [1.29, 1.82) is 0 Å². The maximum absolute atomic E-state index is 13.3. The molecule has 0 atom stereocenters. The number of nitrogens with one attached hydrogen (secondary N) is 1. The molecule has 0 unspecified atom stereocenters. The van der Waals surface area contributed by atoms with Gasteiger partial charge in [0.2, 0.25) is 5.91 Å². The maximum atomic E-state index is 13.3. The van der Waals surface area contributed by atoms with Gasteiger partial charge in [-0.3, -0.25) is 19.1 Å². The van der Waals surface area contributed by atoms with E-state index in [0.29, 0.717) is 56.9 Å². The van der Waals surface area contributed by atoms with Gasteiger partial charge in [0, 0.05) is 43.4 Å². The number of carbonyl (C=O) groups excluding carboxylic acids is 1. The average molecular weight is 521 g/mol. The number of benzene rings is 2. The van der Waals surface area contributed by atoms with Gasteiger partial charge in [-0.05, 0) is 36.8 Å². The van der Waals surface area contributed by atoms with Gasteiger partial charge in [0.1, 0.15) is 0 Å². The molecule has 0 spiro atoms. The fourth-order valence-electron chi connectivity index (χ4n) is 3.75. The zero-order chi connectivity index (χ0) is 23.9. The highest BCUT2D eigenvalue weighted by molar-refractivity contribution is 7.99. The first-order valence-electron chi connectivity index (χ1n) is 11.2. The highest BCUT2D eigenvalue weighted by atomic mass is 35.5. The van der Waals surface area contributed by atoms with Crippen LogP contribution in [-0.4, -0.2) is 65.5 Å². The smallest absolute Gasteiger partial charge is 0.266 e. The van der Waals surface area contributed by atoms with Crippen LogP contribution in [-0.2, 0) is 9.53 Å². The SMILES string of the molecule is O=C(CCCSc1nc2ccccc2c(=O)n1-c1ccc(Cl)cc1Cl)NCCN1CCOCC1. The van der Waals surface area contributed by atoms with Crippen molar-refractivity contribution in [1.82, 2.24) is 19.8 Å². The molecule has 0 saturated carbocycles. The quantitative estimate of drug-likeness (QED) is 0.261. The highest BCUT2D eigenvalue weighted by Crippen LogP contribution is 2.28. The number of rotatable bonds is 9. The number of ether oxygens (including phenoxy) is 1. The summed E-state index contributed by atoms with van der Waals surface area (Å²) in [5.74, 6) is 0.658. The molecule has 0 bridgehead atoms. The molecule has 0 aliphatic carbocycles. The lowest BCUT2D eigenvalue weighted by atomic mass is 10.2. The molecule has 1 saturated heterocycles. The van der Waals surface area contributed by atoms with Gasteiger partial charge in [-0.2, -0.15) is 0 Å². The second-order valence-corrected chi connectivity index (χ2v) is 9.81. The molecule has 10 heteroatoms. The van der Waals surface area contributed by atoms with Gasteiger partial charge in [0.05, 0.1) is 34.8 Å². The van der Waals surface area contributed by atoms with E-state index in [0.717, 1.165) is 32.8 Å². The van der Waals surface area contributed by atoms with Gasteiger partial charge in [-0.25, -0.2) is 4.98 Å². The van der Waals surface area contributed by atoms with E-state index in [2.05, 4.69) is 10.2 Å². The van der Waals surface area contributed by atoms with Gasteiger partial charge in [0.25, 0.3) is 5.56 Å². The molecule has 1 aliphatic heterocycles. The summed E-state index contributed by atoms with van der Waals surface area (Å²) in [4.78, 5) is 32.5. The monoisotopic (exact) mass is 520 g/mol. The number of hydrogen-bond donors (Lipinski definition) is 1. The van der Waals surface area contributed by atoms with Crippen molar-refractivity contribution in [3.05, 3.63) is 62.9 Å². The molecular weight excluding hydrogens is 495 g/mol. The predicted molar refractivity (Wildman–Crippen MR) is 138 cm³/mol. The second-order valence-electron chi connectivity index (χ2n) is 7.90.